The second-order valence-corrected chi connectivity index (χ2v) is 8.65. The first-order valence-corrected chi connectivity index (χ1v) is 8.76. The molecule has 0 atom stereocenters. The lowest BCUT2D eigenvalue weighted by Crippen LogP contribution is -2.57. The van der Waals surface area contributed by atoms with Crippen molar-refractivity contribution in [3.8, 4) is 5.75 Å². The van der Waals surface area contributed by atoms with Crippen LogP contribution in [-0.2, 0) is 10.0 Å². The molecule has 0 fully saturated rings. The fourth-order valence-electron chi connectivity index (χ4n) is 1.45. The lowest BCUT2D eigenvalue weighted by Gasteiger charge is -2.37. The minimum absolute atomic E-state index is 0.0956. The summed E-state index contributed by atoms with van der Waals surface area (Å²) < 4.78 is 33.2. The largest absolute Gasteiger partial charge is 0.494 e. The number of benzene rings is 1. The molecule has 0 heterocycles. The molecule has 0 amide bonds. The molecule has 0 saturated heterocycles. The Morgan fingerprint density at radius 1 is 1.29 bits per heavy atom. The van der Waals surface area contributed by atoms with Gasteiger partial charge in [0.15, 0.2) is 5.75 Å². The standard InChI is InChI=1S/C13H19BrClNO4S/c1-12(2,13(3,4)17)16-21(18,19)10-7-8(15)6-9(14)11(10)20-5/h6-7,16-17H,1-5H3. The van der Waals surface area contributed by atoms with Crippen LogP contribution in [0.5, 0.6) is 5.75 Å². The summed E-state index contributed by atoms with van der Waals surface area (Å²) in [7, 11) is -2.57. The van der Waals surface area contributed by atoms with E-state index < -0.39 is 21.2 Å². The summed E-state index contributed by atoms with van der Waals surface area (Å²) in [5.74, 6) is 0.151. The average Bonchev–Trinajstić information content (AvgIpc) is 2.24. The van der Waals surface area contributed by atoms with E-state index in [0.29, 0.717) is 4.47 Å². The van der Waals surface area contributed by atoms with Gasteiger partial charge >= 0.3 is 0 Å². The van der Waals surface area contributed by atoms with E-state index in [4.69, 9.17) is 16.3 Å². The van der Waals surface area contributed by atoms with E-state index in [2.05, 4.69) is 20.7 Å². The van der Waals surface area contributed by atoms with Crippen LogP contribution in [-0.4, -0.2) is 31.8 Å². The van der Waals surface area contributed by atoms with Crippen molar-refractivity contribution in [1.29, 1.82) is 0 Å². The molecule has 5 nitrogen and oxygen atoms in total. The van der Waals surface area contributed by atoms with Crippen molar-refractivity contribution in [1.82, 2.24) is 4.72 Å². The van der Waals surface area contributed by atoms with E-state index in [9.17, 15) is 13.5 Å². The van der Waals surface area contributed by atoms with Crippen LogP contribution < -0.4 is 9.46 Å². The highest BCUT2D eigenvalue weighted by Gasteiger charge is 2.39. The third-order valence-electron chi connectivity index (χ3n) is 3.39. The van der Waals surface area contributed by atoms with Crippen LogP contribution in [0.1, 0.15) is 27.7 Å². The number of nitrogens with one attached hydrogen (secondary N) is 1. The molecule has 0 radical (unpaired) electrons. The third-order valence-corrected chi connectivity index (χ3v) is 5.86. The molecule has 0 unspecified atom stereocenters. The number of halogens is 2. The molecule has 0 aliphatic carbocycles. The Kier molecular flexibility index (Phi) is 5.38. The lowest BCUT2D eigenvalue weighted by molar-refractivity contribution is 0.00637. The van der Waals surface area contributed by atoms with Gasteiger partial charge in [-0.25, -0.2) is 13.1 Å². The maximum Gasteiger partial charge on any atom is 0.244 e. The summed E-state index contributed by atoms with van der Waals surface area (Å²) in [6, 6.07) is 2.84. The first-order valence-electron chi connectivity index (χ1n) is 6.11. The number of aliphatic hydroxyl groups is 1. The van der Waals surface area contributed by atoms with E-state index >= 15 is 0 Å². The molecule has 1 aromatic carbocycles. The Labute approximate surface area is 138 Å². The monoisotopic (exact) mass is 399 g/mol. The van der Waals surface area contributed by atoms with Gasteiger partial charge in [-0.05, 0) is 55.8 Å². The maximum absolute atomic E-state index is 12.6. The fourth-order valence-corrected chi connectivity index (χ4v) is 4.37. The number of ether oxygens (including phenoxy) is 1. The molecule has 0 aromatic heterocycles. The topological polar surface area (TPSA) is 75.6 Å². The molecule has 0 aliphatic heterocycles. The highest BCUT2D eigenvalue weighted by Crippen LogP contribution is 2.36. The van der Waals surface area contributed by atoms with Gasteiger partial charge in [0, 0.05) is 5.02 Å². The highest BCUT2D eigenvalue weighted by molar-refractivity contribution is 9.10. The first kappa shape index (κ1) is 18.7. The number of rotatable bonds is 5. The maximum atomic E-state index is 12.6. The number of methoxy groups -OCH3 is 1. The fraction of sp³-hybridized carbons (Fsp3) is 0.538. The van der Waals surface area contributed by atoms with Crippen molar-refractivity contribution in [2.24, 2.45) is 0 Å². The zero-order valence-electron chi connectivity index (χ0n) is 12.5. The van der Waals surface area contributed by atoms with Gasteiger partial charge in [-0.1, -0.05) is 11.6 Å². The van der Waals surface area contributed by atoms with Crippen LogP contribution in [0.4, 0.5) is 0 Å². The van der Waals surface area contributed by atoms with Crippen molar-refractivity contribution in [3.63, 3.8) is 0 Å². The van der Waals surface area contributed by atoms with Crippen molar-refractivity contribution >= 4 is 37.6 Å². The van der Waals surface area contributed by atoms with Crippen molar-refractivity contribution in [3.05, 3.63) is 21.6 Å². The van der Waals surface area contributed by atoms with Gasteiger partial charge in [0.25, 0.3) is 0 Å². The van der Waals surface area contributed by atoms with Crippen LogP contribution in [0, 0.1) is 0 Å². The van der Waals surface area contributed by atoms with Crippen LogP contribution in [0.3, 0.4) is 0 Å². The van der Waals surface area contributed by atoms with E-state index in [1.165, 1.54) is 27.0 Å². The average molecular weight is 401 g/mol. The molecule has 2 N–H and O–H groups in total. The quantitative estimate of drug-likeness (QED) is 0.797. The smallest absolute Gasteiger partial charge is 0.244 e. The Balaban J connectivity index is 3.40. The normalized spacial score (nSPS) is 13.3. The second-order valence-electron chi connectivity index (χ2n) is 5.71. The summed E-state index contributed by atoms with van der Waals surface area (Å²) in [5.41, 5.74) is -2.35. The molecule has 1 rings (SSSR count). The Bertz CT molecular complexity index is 638. The SMILES string of the molecule is COc1c(Br)cc(Cl)cc1S(=O)(=O)NC(C)(C)C(C)(C)O. The molecule has 120 valence electrons. The molecular weight excluding hydrogens is 382 g/mol. The van der Waals surface area contributed by atoms with E-state index in [0.717, 1.165) is 0 Å². The lowest BCUT2D eigenvalue weighted by atomic mass is 9.87. The van der Waals surface area contributed by atoms with Crippen molar-refractivity contribution in [2.45, 2.75) is 43.7 Å². The summed E-state index contributed by atoms with van der Waals surface area (Å²) >= 11 is 9.14. The molecule has 0 spiro atoms. The van der Waals surface area contributed by atoms with Gasteiger partial charge in [-0.2, -0.15) is 0 Å². The Morgan fingerprint density at radius 2 is 1.81 bits per heavy atom. The van der Waals surface area contributed by atoms with Gasteiger partial charge in [-0.3, -0.25) is 0 Å². The molecular formula is C13H19BrClNO4S. The highest BCUT2D eigenvalue weighted by atomic mass is 79.9. The number of hydrogen-bond acceptors (Lipinski definition) is 4. The molecule has 0 aliphatic rings. The molecule has 0 bridgehead atoms. The van der Waals surface area contributed by atoms with Crippen LogP contribution in [0.2, 0.25) is 5.02 Å². The summed E-state index contributed by atoms with van der Waals surface area (Å²) in [6.45, 7) is 6.24. The second kappa shape index (κ2) is 6.04. The Morgan fingerprint density at radius 3 is 2.24 bits per heavy atom. The first-order chi connectivity index (χ1) is 9.32. The number of hydrogen-bond donors (Lipinski definition) is 2. The number of sulfonamides is 1. The van der Waals surface area contributed by atoms with Gasteiger partial charge < -0.3 is 9.84 Å². The van der Waals surface area contributed by atoms with E-state index in [1.54, 1.807) is 19.9 Å². The zero-order valence-corrected chi connectivity index (χ0v) is 15.6. The minimum atomic E-state index is -3.94. The molecule has 21 heavy (non-hydrogen) atoms. The summed E-state index contributed by atoms with van der Waals surface area (Å²) in [6.07, 6.45) is 0. The predicted octanol–water partition coefficient (Wildman–Crippen LogP) is 2.94. The summed E-state index contributed by atoms with van der Waals surface area (Å²) in [5, 5.41) is 10.4. The molecule has 1 aromatic rings. The minimum Gasteiger partial charge on any atom is -0.494 e. The van der Waals surface area contributed by atoms with Crippen LogP contribution >= 0.6 is 27.5 Å². The van der Waals surface area contributed by atoms with Gasteiger partial charge in [0.1, 0.15) is 4.90 Å². The van der Waals surface area contributed by atoms with Crippen molar-refractivity contribution in [2.75, 3.05) is 7.11 Å². The van der Waals surface area contributed by atoms with Crippen LogP contribution in [0.15, 0.2) is 21.5 Å². The molecule has 0 saturated carbocycles. The van der Waals surface area contributed by atoms with Gasteiger partial charge in [0.2, 0.25) is 10.0 Å². The van der Waals surface area contributed by atoms with Gasteiger partial charge in [-0.15, -0.1) is 0 Å². The Hall–Kier alpha value is -0.340. The zero-order chi connectivity index (χ0) is 16.6. The predicted molar refractivity (Wildman–Crippen MR) is 86.4 cm³/mol. The van der Waals surface area contributed by atoms with Gasteiger partial charge in [0.05, 0.1) is 22.7 Å². The van der Waals surface area contributed by atoms with Crippen molar-refractivity contribution < 1.29 is 18.3 Å². The third kappa shape index (κ3) is 4.10. The van der Waals surface area contributed by atoms with E-state index in [1.807, 2.05) is 0 Å². The summed E-state index contributed by atoms with van der Waals surface area (Å²) in [4.78, 5) is -0.0956. The van der Waals surface area contributed by atoms with Crippen LogP contribution in [0.25, 0.3) is 0 Å². The molecule has 8 heteroatoms. The van der Waals surface area contributed by atoms with E-state index in [-0.39, 0.29) is 15.7 Å².